The topological polar surface area (TPSA) is 54.3 Å². The van der Waals surface area contributed by atoms with Crippen molar-refractivity contribution in [3.63, 3.8) is 0 Å². The van der Waals surface area contributed by atoms with Crippen molar-refractivity contribution in [2.75, 3.05) is 31.2 Å². The van der Waals surface area contributed by atoms with E-state index in [-0.39, 0.29) is 0 Å². The van der Waals surface area contributed by atoms with Gasteiger partial charge >= 0.3 is 0 Å². The summed E-state index contributed by atoms with van der Waals surface area (Å²) >= 11 is 0. The van der Waals surface area contributed by atoms with Crippen LogP contribution in [0.5, 0.6) is 0 Å². The molecule has 2 aromatic heterocycles. The predicted molar refractivity (Wildman–Crippen MR) is 84.8 cm³/mol. The van der Waals surface area contributed by atoms with Crippen molar-refractivity contribution >= 4 is 5.69 Å². The number of rotatable bonds is 3. The molecule has 1 N–H and O–H groups in total. The second-order valence-corrected chi connectivity index (χ2v) is 5.24. The first-order valence-corrected chi connectivity index (χ1v) is 7.42. The second kappa shape index (κ2) is 5.69. The van der Waals surface area contributed by atoms with Gasteiger partial charge in [-0.25, -0.2) is 4.98 Å². The molecule has 0 spiro atoms. The number of nitrogens with one attached hydrogen (secondary N) is 1. The van der Waals surface area contributed by atoms with E-state index in [1.165, 1.54) is 5.69 Å². The van der Waals surface area contributed by atoms with Crippen LogP contribution in [0, 0.1) is 0 Å². The third kappa shape index (κ3) is 2.40. The molecule has 0 amide bonds. The number of anilines is 1. The van der Waals surface area contributed by atoms with Gasteiger partial charge in [0, 0.05) is 42.3 Å². The van der Waals surface area contributed by atoms with E-state index in [9.17, 15) is 0 Å². The molecule has 1 fully saturated rings. The number of aromatic nitrogens is 2. The minimum absolute atomic E-state index is 0.774. The number of imidazole rings is 1. The Balaban J connectivity index is 1.79. The van der Waals surface area contributed by atoms with Gasteiger partial charge in [-0.1, -0.05) is 0 Å². The van der Waals surface area contributed by atoms with Crippen molar-refractivity contribution in [3.8, 4) is 22.7 Å². The van der Waals surface area contributed by atoms with Crippen molar-refractivity contribution in [2.45, 2.75) is 0 Å². The van der Waals surface area contributed by atoms with Gasteiger partial charge in [0.1, 0.15) is 11.6 Å². The molecule has 22 heavy (non-hydrogen) atoms. The van der Waals surface area contributed by atoms with Crippen LogP contribution in [0.3, 0.4) is 0 Å². The minimum atomic E-state index is 0.774. The average Bonchev–Trinajstić information content (AvgIpc) is 3.29. The molecule has 0 unspecified atom stereocenters. The lowest BCUT2D eigenvalue weighted by Crippen LogP contribution is -2.36. The maximum absolute atomic E-state index is 5.57. The van der Waals surface area contributed by atoms with E-state index in [4.69, 9.17) is 9.15 Å². The summed E-state index contributed by atoms with van der Waals surface area (Å²) < 4.78 is 11.0. The molecule has 0 radical (unpaired) electrons. The Morgan fingerprint density at radius 2 is 2.00 bits per heavy atom. The van der Waals surface area contributed by atoms with Crippen LogP contribution in [0.25, 0.3) is 22.7 Å². The monoisotopic (exact) mass is 295 g/mol. The van der Waals surface area contributed by atoms with Crippen molar-refractivity contribution in [1.29, 1.82) is 0 Å². The molecule has 3 heterocycles. The van der Waals surface area contributed by atoms with E-state index in [1.54, 1.807) is 12.5 Å². The van der Waals surface area contributed by atoms with Crippen LogP contribution in [0.4, 0.5) is 5.69 Å². The summed E-state index contributed by atoms with van der Waals surface area (Å²) in [5, 5.41) is 0. The molecule has 1 aliphatic heterocycles. The van der Waals surface area contributed by atoms with Crippen LogP contribution in [0.1, 0.15) is 0 Å². The van der Waals surface area contributed by atoms with Gasteiger partial charge in [-0.05, 0) is 30.3 Å². The minimum Gasteiger partial charge on any atom is -0.464 e. The molecule has 0 saturated carbocycles. The van der Waals surface area contributed by atoms with Gasteiger partial charge in [-0.2, -0.15) is 0 Å². The van der Waals surface area contributed by atoms with E-state index >= 15 is 0 Å². The third-order valence-electron chi connectivity index (χ3n) is 3.92. The summed E-state index contributed by atoms with van der Waals surface area (Å²) in [4.78, 5) is 9.93. The predicted octanol–water partition coefficient (Wildman–Crippen LogP) is 3.17. The van der Waals surface area contributed by atoms with Crippen LogP contribution in [-0.4, -0.2) is 36.3 Å². The van der Waals surface area contributed by atoms with Crippen molar-refractivity contribution in [3.05, 3.63) is 49.0 Å². The van der Waals surface area contributed by atoms with Gasteiger partial charge < -0.3 is 19.0 Å². The number of aromatic amines is 1. The van der Waals surface area contributed by atoms with E-state index < -0.39 is 0 Å². The van der Waals surface area contributed by atoms with Gasteiger partial charge in [0.05, 0.1) is 19.5 Å². The zero-order valence-corrected chi connectivity index (χ0v) is 12.2. The highest BCUT2D eigenvalue weighted by atomic mass is 16.5. The van der Waals surface area contributed by atoms with Crippen LogP contribution in [0.2, 0.25) is 0 Å². The van der Waals surface area contributed by atoms with Crippen LogP contribution >= 0.6 is 0 Å². The molecule has 1 aromatic carbocycles. The van der Waals surface area contributed by atoms with Crippen LogP contribution in [-0.2, 0) is 4.74 Å². The molecule has 1 saturated heterocycles. The zero-order chi connectivity index (χ0) is 14.8. The fourth-order valence-corrected chi connectivity index (χ4v) is 2.81. The SMILES string of the molecule is c1coc(-c2ccc(N3CCOCC3)cc2-c2ncc[nH]2)c1. The van der Waals surface area contributed by atoms with Crippen LogP contribution in [0.15, 0.2) is 53.4 Å². The number of H-pyrrole nitrogens is 1. The summed E-state index contributed by atoms with van der Waals surface area (Å²) in [5.74, 6) is 1.70. The molecule has 112 valence electrons. The van der Waals surface area contributed by atoms with Crippen molar-refractivity contribution < 1.29 is 9.15 Å². The Morgan fingerprint density at radius 1 is 1.09 bits per heavy atom. The molecule has 4 rings (SSSR count). The Bertz CT molecular complexity index is 729. The molecule has 0 atom stereocenters. The molecule has 0 bridgehead atoms. The highest BCUT2D eigenvalue weighted by Crippen LogP contribution is 2.34. The molecule has 1 aliphatic rings. The largest absolute Gasteiger partial charge is 0.464 e. The van der Waals surface area contributed by atoms with Crippen molar-refractivity contribution in [2.24, 2.45) is 0 Å². The molecule has 0 aliphatic carbocycles. The fraction of sp³-hybridized carbons (Fsp3) is 0.235. The lowest BCUT2D eigenvalue weighted by Gasteiger charge is -2.29. The maximum atomic E-state index is 5.57. The summed E-state index contributed by atoms with van der Waals surface area (Å²) in [6.07, 6.45) is 5.29. The van der Waals surface area contributed by atoms with Gasteiger partial charge in [-0.3, -0.25) is 0 Å². The number of furan rings is 1. The number of hydrogen-bond donors (Lipinski definition) is 1. The van der Waals surface area contributed by atoms with Crippen LogP contribution < -0.4 is 4.90 Å². The number of hydrogen-bond acceptors (Lipinski definition) is 4. The van der Waals surface area contributed by atoms with Gasteiger partial charge in [0.2, 0.25) is 0 Å². The first-order chi connectivity index (χ1) is 10.9. The normalized spacial score (nSPS) is 15.2. The van der Waals surface area contributed by atoms with Gasteiger partial charge in [0.15, 0.2) is 0 Å². The Labute approximate surface area is 128 Å². The number of ether oxygens (including phenoxy) is 1. The first-order valence-electron chi connectivity index (χ1n) is 7.42. The molecular weight excluding hydrogens is 278 g/mol. The second-order valence-electron chi connectivity index (χ2n) is 5.24. The van der Waals surface area contributed by atoms with E-state index in [2.05, 4.69) is 33.1 Å². The lowest BCUT2D eigenvalue weighted by molar-refractivity contribution is 0.122. The highest BCUT2D eigenvalue weighted by Gasteiger charge is 2.16. The lowest BCUT2D eigenvalue weighted by atomic mass is 10.0. The molecule has 3 aromatic rings. The van der Waals surface area contributed by atoms with Crippen molar-refractivity contribution in [1.82, 2.24) is 9.97 Å². The zero-order valence-electron chi connectivity index (χ0n) is 12.2. The number of morpholine rings is 1. The third-order valence-corrected chi connectivity index (χ3v) is 3.92. The Morgan fingerprint density at radius 3 is 2.73 bits per heavy atom. The Hall–Kier alpha value is -2.53. The smallest absolute Gasteiger partial charge is 0.138 e. The number of benzene rings is 1. The maximum Gasteiger partial charge on any atom is 0.138 e. The average molecular weight is 295 g/mol. The van der Waals surface area contributed by atoms with E-state index in [0.717, 1.165) is 49.0 Å². The highest BCUT2D eigenvalue weighted by molar-refractivity contribution is 5.81. The summed E-state index contributed by atoms with van der Waals surface area (Å²) in [7, 11) is 0. The molecular formula is C17H17N3O2. The molecule has 5 heteroatoms. The fourth-order valence-electron chi connectivity index (χ4n) is 2.81. The quantitative estimate of drug-likeness (QED) is 0.806. The molecule has 5 nitrogen and oxygen atoms in total. The van der Waals surface area contributed by atoms with E-state index in [1.807, 2.05) is 18.3 Å². The summed E-state index contributed by atoms with van der Waals surface area (Å²) in [6, 6.07) is 10.3. The summed E-state index contributed by atoms with van der Waals surface area (Å²) in [6.45, 7) is 3.38. The standard InChI is InChI=1S/C17H17N3O2/c1-2-16(22-9-1)14-4-3-13(20-7-10-21-11-8-20)12-15(14)17-18-5-6-19-17/h1-6,9,12H,7-8,10-11H2,(H,18,19). The number of nitrogens with zero attached hydrogens (tertiary/aromatic N) is 2. The summed E-state index contributed by atoms with van der Waals surface area (Å²) in [5.41, 5.74) is 3.27. The van der Waals surface area contributed by atoms with E-state index in [0.29, 0.717) is 0 Å². The van der Waals surface area contributed by atoms with Gasteiger partial charge in [-0.15, -0.1) is 0 Å². The first kappa shape index (κ1) is 13.2. The van der Waals surface area contributed by atoms with Gasteiger partial charge in [0.25, 0.3) is 0 Å². The Kier molecular flexibility index (Phi) is 3.40.